The van der Waals surface area contributed by atoms with Crippen LogP contribution in [-0.4, -0.2) is 0 Å². The van der Waals surface area contributed by atoms with Gasteiger partial charge in [-0.15, -0.1) is 0 Å². The third-order valence-electron chi connectivity index (χ3n) is 4.88. The Balaban J connectivity index is 1.77. The summed E-state index contributed by atoms with van der Waals surface area (Å²) in [5.41, 5.74) is 11.2. The average molecular weight is 292 g/mol. The fourth-order valence-corrected chi connectivity index (χ4v) is 3.88. The van der Waals surface area contributed by atoms with Gasteiger partial charge in [-0.05, 0) is 57.0 Å². The molecule has 0 saturated carbocycles. The Morgan fingerprint density at radius 3 is 2.09 bits per heavy atom. The highest BCUT2D eigenvalue weighted by atomic mass is 14.3. The fourth-order valence-electron chi connectivity index (χ4n) is 3.88. The number of hydrogen-bond acceptors (Lipinski definition) is 0. The summed E-state index contributed by atoms with van der Waals surface area (Å²) in [4.78, 5) is 0. The van der Waals surface area contributed by atoms with Gasteiger partial charge in [0.15, 0.2) is 0 Å². The van der Waals surface area contributed by atoms with Gasteiger partial charge >= 0.3 is 0 Å². The lowest BCUT2D eigenvalue weighted by atomic mass is 9.94. The monoisotopic (exact) mass is 292 g/mol. The first-order valence-corrected chi connectivity index (χ1v) is 8.10. The lowest BCUT2D eigenvalue weighted by molar-refractivity contribution is 1.31. The van der Waals surface area contributed by atoms with E-state index in [1.807, 2.05) is 0 Å². The molecule has 5 rings (SSSR count). The molecule has 108 valence electrons. The number of hydrogen-bond donors (Lipinski definition) is 0. The molecule has 0 heterocycles. The van der Waals surface area contributed by atoms with Crippen molar-refractivity contribution in [2.24, 2.45) is 0 Å². The van der Waals surface area contributed by atoms with Crippen LogP contribution in [0.15, 0.2) is 78.9 Å². The lowest BCUT2D eigenvalue weighted by Crippen LogP contribution is -1.91. The van der Waals surface area contributed by atoms with E-state index in [0.717, 1.165) is 6.42 Å². The predicted molar refractivity (Wildman–Crippen MR) is 97.7 cm³/mol. The Bertz CT molecular complexity index is 972. The maximum Gasteiger partial charge on any atom is -0.000705 e. The molecule has 0 aliphatic heterocycles. The molecule has 0 spiro atoms. The van der Waals surface area contributed by atoms with Crippen molar-refractivity contribution in [3.63, 3.8) is 0 Å². The van der Waals surface area contributed by atoms with Crippen LogP contribution in [0.3, 0.4) is 0 Å². The molecule has 0 unspecified atom stereocenters. The minimum atomic E-state index is 1.05. The van der Waals surface area contributed by atoms with Crippen LogP contribution in [0.25, 0.3) is 22.8 Å². The van der Waals surface area contributed by atoms with E-state index >= 15 is 0 Å². The van der Waals surface area contributed by atoms with E-state index in [1.165, 1.54) is 44.5 Å². The summed E-state index contributed by atoms with van der Waals surface area (Å²) in [5.74, 6) is 0. The van der Waals surface area contributed by atoms with Gasteiger partial charge in [0.05, 0.1) is 0 Å². The normalized spacial score (nSPS) is 16.4. The number of rotatable bonds is 1. The Morgan fingerprint density at radius 1 is 0.609 bits per heavy atom. The van der Waals surface area contributed by atoms with E-state index < -0.39 is 0 Å². The van der Waals surface area contributed by atoms with Gasteiger partial charge < -0.3 is 0 Å². The third kappa shape index (κ3) is 1.85. The van der Waals surface area contributed by atoms with Gasteiger partial charge in [0.2, 0.25) is 0 Å². The molecule has 0 radical (unpaired) electrons. The number of fused-ring (bicyclic) bond motifs is 4. The van der Waals surface area contributed by atoms with E-state index in [1.54, 1.807) is 0 Å². The Hall–Kier alpha value is -2.86. The highest BCUT2D eigenvalue weighted by Crippen LogP contribution is 2.52. The average Bonchev–Trinajstić information content (AvgIpc) is 3.12. The van der Waals surface area contributed by atoms with E-state index in [2.05, 4.69) is 84.9 Å². The van der Waals surface area contributed by atoms with Gasteiger partial charge in [0.1, 0.15) is 0 Å². The van der Waals surface area contributed by atoms with Crippen LogP contribution >= 0.6 is 0 Å². The molecule has 0 saturated heterocycles. The zero-order valence-corrected chi connectivity index (χ0v) is 12.8. The Kier molecular flexibility index (Phi) is 2.65. The molecule has 0 heteroatoms. The van der Waals surface area contributed by atoms with Gasteiger partial charge in [-0.25, -0.2) is 0 Å². The van der Waals surface area contributed by atoms with E-state index in [4.69, 9.17) is 0 Å². The van der Waals surface area contributed by atoms with E-state index in [-0.39, 0.29) is 0 Å². The molecule has 2 aliphatic carbocycles. The fraction of sp³-hybridized carbons (Fsp3) is 0.0435. The zero-order chi connectivity index (χ0) is 15.2. The van der Waals surface area contributed by atoms with Crippen LogP contribution in [0.2, 0.25) is 0 Å². The summed E-state index contributed by atoms with van der Waals surface area (Å²) in [6.45, 7) is 0. The first kappa shape index (κ1) is 12.7. The van der Waals surface area contributed by atoms with Crippen molar-refractivity contribution in [1.82, 2.24) is 0 Å². The van der Waals surface area contributed by atoms with Crippen LogP contribution in [0, 0.1) is 0 Å². The second-order valence-electron chi connectivity index (χ2n) is 6.20. The van der Waals surface area contributed by atoms with Gasteiger partial charge in [0.25, 0.3) is 0 Å². The minimum absolute atomic E-state index is 1.05. The van der Waals surface area contributed by atoms with Crippen LogP contribution in [0.1, 0.15) is 27.8 Å². The summed E-state index contributed by atoms with van der Waals surface area (Å²) < 4.78 is 0. The lowest BCUT2D eigenvalue weighted by Gasteiger charge is -2.10. The Labute approximate surface area is 136 Å². The van der Waals surface area contributed by atoms with Gasteiger partial charge in [0, 0.05) is 0 Å². The van der Waals surface area contributed by atoms with E-state index in [0.29, 0.717) is 0 Å². The predicted octanol–water partition coefficient (Wildman–Crippen LogP) is 5.71. The van der Waals surface area contributed by atoms with Gasteiger partial charge in [-0.1, -0.05) is 78.9 Å². The van der Waals surface area contributed by atoms with Crippen molar-refractivity contribution in [3.8, 4) is 0 Å². The van der Waals surface area contributed by atoms with Gasteiger partial charge in [-0.3, -0.25) is 0 Å². The van der Waals surface area contributed by atoms with E-state index in [9.17, 15) is 0 Å². The summed E-state index contributed by atoms with van der Waals surface area (Å²) >= 11 is 0. The quantitative estimate of drug-likeness (QED) is 0.539. The topological polar surface area (TPSA) is 0 Å². The van der Waals surface area contributed by atoms with Gasteiger partial charge in [-0.2, -0.15) is 0 Å². The first-order valence-electron chi connectivity index (χ1n) is 8.10. The molecular weight excluding hydrogens is 276 g/mol. The molecule has 0 bridgehead atoms. The molecule has 3 aromatic rings. The molecule has 0 amide bonds. The summed E-state index contributed by atoms with van der Waals surface area (Å²) in [6, 6.07) is 28.3. The maximum absolute atomic E-state index is 2.34. The maximum atomic E-state index is 2.34. The first-order chi connectivity index (χ1) is 11.4. The molecular formula is C23H16. The van der Waals surface area contributed by atoms with Crippen molar-refractivity contribution in [3.05, 3.63) is 107 Å². The highest BCUT2D eigenvalue weighted by Gasteiger charge is 2.32. The molecule has 2 aliphatic rings. The summed E-state index contributed by atoms with van der Waals surface area (Å²) in [6.07, 6.45) is 3.39. The zero-order valence-electron chi connectivity index (χ0n) is 12.8. The van der Waals surface area contributed by atoms with Crippen LogP contribution < -0.4 is 0 Å². The van der Waals surface area contributed by atoms with Crippen molar-refractivity contribution < 1.29 is 0 Å². The third-order valence-corrected chi connectivity index (χ3v) is 4.88. The summed E-state index contributed by atoms with van der Waals surface area (Å²) in [5, 5.41) is 0. The molecule has 23 heavy (non-hydrogen) atoms. The standard InChI is InChI=1S/C23H16/c1-2-8-16(9-3-1)14-21-19-12-6-7-13-20(19)22-15-17-10-4-5-11-18(17)23(21)22/h1-14H,15H2/b21-14-. The van der Waals surface area contributed by atoms with Crippen molar-refractivity contribution in [2.75, 3.05) is 0 Å². The highest BCUT2D eigenvalue weighted by molar-refractivity contribution is 6.27. The minimum Gasteiger partial charge on any atom is -0.0622 e. The van der Waals surface area contributed by atoms with Crippen molar-refractivity contribution in [2.45, 2.75) is 6.42 Å². The smallest absolute Gasteiger partial charge is 0.000705 e. The molecule has 0 aromatic heterocycles. The number of benzene rings is 3. The van der Waals surface area contributed by atoms with Crippen LogP contribution in [0.4, 0.5) is 0 Å². The molecule has 0 fully saturated rings. The SMILES string of the molecule is C(=C1/C2=C(Cc3ccccc32)c2ccccc21)/c1ccccc1. The molecule has 3 aromatic carbocycles. The second-order valence-corrected chi connectivity index (χ2v) is 6.20. The number of allylic oxidation sites excluding steroid dienone is 3. The summed E-state index contributed by atoms with van der Waals surface area (Å²) in [7, 11) is 0. The van der Waals surface area contributed by atoms with Crippen LogP contribution in [0.5, 0.6) is 0 Å². The van der Waals surface area contributed by atoms with Crippen molar-refractivity contribution in [1.29, 1.82) is 0 Å². The molecule has 0 atom stereocenters. The largest absolute Gasteiger partial charge is 0.0622 e. The second kappa shape index (κ2) is 4.82. The van der Waals surface area contributed by atoms with Crippen LogP contribution in [-0.2, 0) is 6.42 Å². The van der Waals surface area contributed by atoms with Crippen molar-refractivity contribution >= 4 is 22.8 Å². The molecule has 0 N–H and O–H groups in total. The Morgan fingerprint density at radius 2 is 1.26 bits per heavy atom. The molecule has 0 nitrogen and oxygen atoms in total.